The Balaban J connectivity index is 1.56. The molecule has 0 bridgehead atoms. The first-order chi connectivity index (χ1) is 14.0. The number of hydrogen-bond donors (Lipinski definition) is 3. The molecule has 0 fully saturated rings. The molecule has 3 N–H and O–H groups in total. The number of carbonyl (C=O) groups excluding carboxylic acids is 3. The maximum Gasteiger partial charge on any atom is 0.251 e. The van der Waals surface area contributed by atoms with Crippen LogP contribution in [0.4, 0.5) is 5.69 Å². The molecule has 0 saturated carbocycles. The van der Waals surface area contributed by atoms with Crippen molar-refractivity contribution in [3.05, 3.63) is 59.1 Å². The highest BCUT2D eigenvalue weighted by atomic mass is 35.5. The van der Waals surface area contributed by atoms with Gasteiger partial charge in [0.25, 0.3) is 5.91 Å². The van der Waals surface area contributed by atoms with Gasteiger partial charge < -0.3 is 20.7 Å². The number of amides is 3. The molecule has 0 aliphatic carbocycles. The maximum atomic E-state index is 11.9. The zero-order chi connectivity index (χ0) is 21.1. The van der Waals surface area contributed by atoms with E-state index in [9.17, 15) is 14.4 Å². The van der Waals surface area contributed by atoms with Crippen LogP contribution in [0.2, 0.25) is 5.02 Å². The molecule has 0 radical (unpaired) electrons. The lowest BCUT2D eigenvalue weighted by atomic mass is 10.2. The molecule has 29 heavy (non-hydrogen) atoms. The minimum atomic E-state index is -0.260. The molecule has 0 aromatic heterocycles. The zero-order valence-electron chi connectivity index (χ0n) is 16.2. The fourth-order valence-corrected chi connectivity index (χ4v) is 2.58. The minimum Gasteiger partial charge on any atom is -0.497 e. The van der Waals surface area contributed by atoms with Gasteiger partial charge in [-0.2, -0.15) is 0 Å². The van der Waals surface area contributed by atoms with Crippen LogP contribution >= 0.6 is 11.6 Å². The van der Waals surface area contributed by atoms with E-state index in [2.05, 4.69) is 16.0 Å². The molecular formula is C21H24ClN3O4. The highest BCUT2D eigenvalue weighted by Gasteiger charge is 2.07. The van der Waals surface area contributed by atoms with Gasteiger partial charge in [-0.3, -0.25) is 14.4 Å². The Morgan fingerprint density at radius 3 is 2.21 bits per heavy atom. The molecule has 0 unspecified atom stereocenters. The molecule has 154 valence electrons. The van der Waals surface area contributed by atoms with Crippen molar-refractivity contribution in [2.24, 2.45) is 0 Å². The lowest BCUT2D eigenvalue weighted by Crippen LogP contribution is -2.31. The Morgan fingerprint density at radius 2 is 1.55 bits per heavy atom. The fourth-order valence-electron chi connectivity index (χ4n) is 2.46. The topological polar surface area (TPSA) is 96.5 Å². The van der Waals surface area contributed by atoms with Crippen molar-refractivity contribution in [1.29, 1.82) is 0 Å². The number of ether oxygens (including phenoxy) is 1. The highest BCUT2D eigenvalue weighted by Crippen LogP contribution is 2.15. The van der Waals surface area contributed by atoms with Crippen molar-refractivity contribution in [2.75, 3.05) is 25.5 Å². The van der Waals surface area contributed by atoms with Gasteiger partial charge in [-0.15, -0.1) is 0 Å². The maximum absolute atomic E-state index is 11.9. The molecule has 2 aromatic carbocycles. The van der Waals surface area contributed by atoms with Gasteiger partial charge >= 0.3 is 0 Å². The normalized spacial score (nSPS) is 10.1. The standard InChI is InChI=1S/C21H24ClN3O4/c1-29-18-10-8-17(9-11-18)25-20(27)3-2-13-23-19(26)12-14-24-21(28)15-4-6-16(22)7-5-15/h4-11H,2-3,12-14H2,1H3,(H,23,26)(H,24,28)(H,25,27). The lowest BCUT2D eigenvalue weighted by molar-refractivity contribution is -0.121. The van der Waals surface area contributed by atoms with E-state index in [4.69, 9.17) is 16.3 Å². The Hall–Kier alpha value is -3.06. The molecule has 3 amide bonds. The zero-order valence-corrected chi connectivity index (χ0v) is 16.9. The summed E-state index contributed by atoms with van der Waals surface area (Å²) in [6.45, 7) is 0.616. The van der Waals surface area contributed by atoms with Crippen LogP contribution in [-0.2, 0) is 9.59 Å². The van der Waals surface area contributed by atoms with Crippen molar-refractivity contribution < 1.29 is 19.1 Å². The van der Waals surface area contributed by atoms with E-state index in [1.807, 2.05) is 0 Å². The van der Waals surface area contributed by atoms with E-state index < -0.39 is 0 Å². The molecule has 0 aliphatic rings. The molecule has 2 rings (SSSR count). The summed E-state index contributed by atoms with van der Waals surface area (Å²) >= 11 is 5.78. The third kappa shape index (κ3) is 8.23. The molecule has 0 aliphatic heterocycles. The van der Waals surface area contributed by atoms with Crippen LogP contribution in [0, 0.1) is 0 Å². The third-order valence-corrected chi connectivity index (χ3v) is 4.27. The van der Waals surface area contributed by atoms with E-state index in [1.54, 1.807) is 55.6 Å². The van der Waals surface area contributed by atoms with E-state index in [0.29, 0.717) is 35.7 Å². The first kappa shape index (κ1) is 22.2. The third-order valence-electron chi connectivity index (χ3n) is 4.02. The number of halogens is 1. The molecule has 0 saturated heterocycles. The van der Waals surface area contributed by atoms with Crippen LogP contribution < -0.4 is 20.7 Å². The van der Waals surface area contributed by atoms with Crippen LogP contribution in [0.3, 0.4) is 0 Å². The first-order valence-corrected chi connectivity index (χ1v) is 9.60. The summed E-state index contributed by atoms with van der Waals surface area (Å²) in [5, 5.41) is 8.75. The second-order valence-electron chi connectivity index (χ2n) is 6.24. The Labute approximate surface area is 174 Å². The Kier molecular flexibility index (Phi) is 8.98. The molecule has 7 nitrogen and oxygen atoms in total. The quantitative estimate of drug-likeness (QED) is 0.518. The summed E-state index contributed by atoms with van der Waals surface area (Å²) < 4.78 is 5.06. The van der Waals surface area contributed by atoms with Crippen molar-refractivity contribution >= 4 is 35.0 Å². The van der Waals surface area contributed by atoms with E-state index in [-0.39, 0.29) is 30.7 Å². The van der Waals surface area contributed by atoms with Gasteiger partial charge in [0.05, 0.1) is 7.11 Å². The lowest BCUT2D eigenvalue weighted by Gasteiger charge is -2.08. The Morgan fingerprint density at radius 1 is 0.862 bits per heavy atom. The number of methoxy groups -OCH3 is 1. The molecule has 0 atom stereocenters. The van der Waals surface area contributed by atoms with Crippen LogP contribution in [0.25, 0.3) is 0 Å². The predicted molar refractivity (Wildman–Crippen MR) is 112 cm³/mol. The number of hydrogen-bond acceptors (Lipinski definition) is 4. The number of carbonyl (C=O) groups is 3. The summed E-state index contributed by atoms with van der Waals surface area (Å²) in [6, 6.07) is 13.6. The second-order valence-corrected chi connectivity index (χ2v) is 6.68. The first-order valence-electron chi connectivity index (χ1n) is 9.22. The SMILES string of the molecule is COc1ccc(NC(=O)CCCNC(=O)CCNC(=O)c2ccc(Cl)cc2)cc1. The van der Waals surface area contributed by atoms with Crippen molar-refractivity contribution in [3.63, 3.8) is 0 Å². The van der Waals surface area contributed by atoms with Gasteiger partial charge in [0.2, 0.25) is 11.8 Å². The van der Waals surface area contributed by atoms with Crippen LogP contribution in [0.15, 0.2) is 48.5 Å². The van der Waals surface area contributed by atoms with Gasteiger partial charge in [0.15, 0.2) is 0 Å². The monoisotopic (exact) mass is 417 g/mol. The highest BCUT2D eigenvalue weighted by molar-refractivity contribution is 6.30. The van der Waals surface area contributed by atoms with Crippen molar-refractivity contribution in [3.8, 4) is 5.75 Å². The summed E-state index contributed by atoms with van der Waals surface area (Å²) in [7, 11) is 1.58. The van der Waals surface area contributed by atoms with Crippen LogP contribution in [0.1, 0.15) is 29.6 Å². The van der Waals surface area contributed by atoms with E-state index in [1.165, 1.54) is 0 Å². The largest absolute Gasteiger partial charge is 0.497 e. The number of rotatable bonds is 10. The van der Waals surface area contributed by atoms with Gasteiger partial charge in [0, 0.05) is 42.2 Å². The summed E-state index contributed by atoms with van der Waals surface area (Å²) in [4.78, 5) is 35.6. The van der Waals surface area contributed by atoms with E-state index >= 15 is 0 Å². The molecule has 0 heterocycles. The van der Waals surface area contributed by atoms with Gasteiger partial charge in [0.1, 0.15) is 5.75 Å². The molecule has 2 aromatic rings. The number of anilines is 1. The smallest absolute Gasteiger partial charge is 0.251 e. The molecule has 0 spiro atoms. The van der Waals surface area contributed by atoms with Gasteiger partial charge in [-0.25, -0.2) is 0 Å². The van der Waals surface area contributed by atoms with Crippen molar-refractivity contribution in [1.82, 2.24) is 10.6 Å². The fraction of sp³-hybridized carbons (Fsp3) is 0.286. The number of nitrogens with one attached hydrogen (secondary N) is 3. The number of benzene rings is 2. The summed E-state index contributed by atoms with van der Waals surface area (Å²) in [6.07, 6.45) is 0.974. The molecular weight excluding hydrogens is 394 g/mol. The summed E-state index contributed by atoms with van der Waals surface area (Å²) in [5.74, 6) is 0.149. The Bertz CT molecular complexity index is 823. The average molecular weight is 418 g/mol. The average Bonchev–Trinajstić information content (AvgIpc) is 2.72. The van der Waals surface area contributed by atoms with Gasteiger partial charge in [-0.05, 0) is 55.0 Å². The molecule has 8 heteroatoms. The minimum absolute atomic E-state index is 0.125. The van der Waals surface area contributed by atoms with Crippen LogP contribution in [-0.4, -0.2) is 37.9 Å². The van der Waals surface area contributed by atoms with Crippen molar-refractivity contribution in [2.45, 2.75) is 19.3 Å². The van der Waals surface area contributed by atoms with Gasteiger partial charge in [-0.1, -0.05) is 11.6 Å². The summed E-state index contributed by atoms with van der Waals surface area (Å²) in [5.41, 5.74) is 1.17. The van der Waals surface area contributed by atoms with E-state index in [0.717, 1.165) is 5.75 Å². The predicted octanol–water partition coefficient (Wildman–Crippen LogP) is 3.00. The second kappa shape index (κ2) is 11.7. The van der Waals surface area contributed by atoms with Crippen LogP contribution in [0.5, 0.6) is 5.75 Å².